The molecule has 0 atom stereocenters. The number of aryl methyl sites for hydroxylation is 2. The van der Waals surface area contributed by atoms with Crippen LogP contribution in [0.2, 0.25) is 0 Å². The summed E-state index contributed by atoms with van der Waals surface area (Å²) in [4.78, 5) is 12.2. The zero-order valence-electron chi connectivity index (χ0n) is 10.7. The first-order valence-electron chi connectivity index (χ1n) is 6.01. The average Bonchev–Trinajstić information content (AvgIpc) is 2.32. The van der Waals surface area contributed by atoms with Crippen molar-refractivity contribution in [2.45, 2.75) is 20.3 Å². The van der Waals surface area contributed by atoms with Gasteiger partial charge in [0.25, 0.3) is 0 Å². The third kappa shape index (κ3) is 2.77. The lowest BCUT2D eigenvalue weighted by Gasteiger charge is -2.06. The zero-order chi connectivity index (χ0) is 13.1. The molecule has 2 nitrogen and oxygen atoms in total. The van der Waals surface area contributed by atoms with Crippen LogP contribution in [-0.4, -0.2) is 5.78 Å². The van der Waals surface area contributed by atoms with Gasteiger partial charge in [0.1, 0.15) is 0 Å². The van der Waals surface area contributed by atoms with E-state index >= 15 is 0 Å². The highest BCUT2D eigenvalue weighted by Gasteiger charge is 2.09. The molecule has 2 rings (SSSR count). The maximum absolute atomic E-state index is 12.2. The third-order valence-electron chi connectivity index (χ3n) is 3.04. The highest BCUT2D eigenvalue weighted by atomic mass is 16.1. The Morgan fingerprint density at radius 2 is 1.72 bits per heavy atom. The molecular formula is C16H17NO. The van der Waals surface area contributed by atoms with Crippen molar-refractivity contribution in [3.8, 4) is 0 Å². The Kier molecular flexibility index (Phi) is 3.47. The number of hydrogen-bond acceptors (Lipinski definition) is 2. The number of ketones is 1. The van der Waals surface area contributed by atoms with E-state index < -0.39 is 0 Å². The van der Waals surface area contributed by atoms with Crippen molar-refractivity contribution in [3.63, 3.8) is 0 Å². The molecule has 92 valence electrons. The van der Waals surface area contributed by atoms with Crippen LogP contribution in [0.1, 0.15) is 27.0 Å². The highest BCUT2D eigenvalue weighted by molar-refractivity contribution is 5.99. The van der Waals surface area contributed by atoms with E-state index in [2.05, 4.69) is 0 Å². The summed E-state index contributed by atoms with van der Waals surface area (Å²) in [6, 6.07) is 13.5. The number of carbonyl (C=O) groups is 1. The Bertz CT molecular complexity index is 570. The molecule has 0 aliphatic rings. The molecule has 0 spiro atoms. The lowest BCUT2D eigenvalue weighted by atomic mass is 9.98. The predicted molar refractivity (Wildman–Crippen MR) is 74.8 cm³/mol. The summed E-state index contributed by atoms with van der Waals surface area (Å²) in [6.07, 6.45) is 0.436. The third-order valence-corrected chi connectivity index (χ3v) is 3.04. The fourth-order valence-corrected chi connectivity index (χ4v) is 1.99. The molecule has 0 unspecified atom stereocenters. The van der Waals surface area contributed by atoms with Gasteiger partial charge in [0.15, 0.2) is 5.78 Å². The van der Waals surface area contributed by atoms with Crippen molar-refractivity contribution < 1.29 is 4.79 Å². The Balaban J connectivity index is 2.19. The minimum absolute atomic E-state index is 0.136. The smallest absolute Gasteiger partial charge is 0.167 e. The second-order valence-corrected chi connectivity index (χ2v) is 4.66. The van der Waals surface area contributed by atoms with Gasteiger partial charge in [-0.25, -0.2) is 0 Å². The van der Waals surface area contributed by atoms with Crippen molar-refractivity contribution in [3.05, 3.63) is 64.7 Å². The fraction of sp³-hybridized carbons (Fsp3) is 0.188. The van der Waals surface area contributed by atoms with Gasteiger partial charge in [-0.1, -0.05) is 29.8 Å². The molecule has 2 heteroatoms. The molecular weight excluding hydrogens is 222 g/mol. The summed E-state index contributed by atoms with van der Waals surface area (Å²) >= 11 is 0. The minimum Gasteiger partial charge on any atom is -0.399 e. The molecule has 2 aromatic carbocycles. The number of benzene rings is 2. The monoisotopic (exact) mass is 239 g/mol. The summed E-state index contributed by atoms with van der Waals surface area (Å²) < 4.78 is 0. The summed E-state index contributed by atoms with van der Waals surface area (Å²) in [6.45, 7) is 3.95. The molecule has 0 saturated carbocycles. The quantitative estimate of drug-likeness (QED) is 0.659. The van der Waals surface area contributed by atoms with Gasteiger partial charge in [0.2, 0.25) is 0 Å². The molecule has 0 aliphatic heterocycles. The second kappa shape index (κ2) is 5.05. The number of rotatable bonds is 3. The van der Waals surface area contributed by atoms with Crippen LogP contribution in [0, 0.1) is 13.8 Å². The Morgan fingerprint density at radius 3 is 2.33 bits per heavy atom. The number of hydrogen-bond donors (Lipinski definition) is 1. The van der Waals surface area contributed by atoms with Crippen LogP contribution in [0.3, 0.4) is 0 Å². The summed E-state index contributed by atoms with van der Waals surface area (Å²) in [5, 5.41) is 0. The van der Waals surface area contributed by atoms with Crippen LogP contribution < -0.4 is 5.73 Å². The number of carbonyl (C=O) groups excluding carboxylic acids is 1. The molecule has 0 fully saturated rings. The molecule has 0 amide bonds. The molecule has 0 saturated heterocycles. The zero-order valence-corrected chi connectivity index (χ0v) is 10.7. The molecule has 18 heavy (non-hydrogen) atoms. The lowest BCUT2D eigenvalue weighted by molar-refractivity contribution is 0.0992. The van der Waals surface area contributed by atoms with E-state index in [1.807, 2.05) is 44.2 Å². The maximum Gasteiger partial charge on any atom is 0.167 e. The fourth-order valence-electron chi connectivity index (χ4n) is 1.99. The van der Waals surface area contributed by atoms with Gasteiger partial charge in [-0.2, -0.15) is 0 Å². The second-order valence-electron chi connectivity index (χ2n) is 4.66. The van der Waals surface area contributed by atoms with Crippen LogP contribution in [0.15, 0.2) is 42.5 Å². The number of anilines is 1. The topological polar surface area (TPSA) is 43.1 Å². The van der Waals surface area contributed by atoms with Crippen molar-refractivity contribution in [2.24, 2.45) is 0 Å². The van der Waals surface area contributed by atoms with Crippen molar-refractivity contribution in [2.75, 3.05) is 5.73 Å². The van der Waals surface area contributed by atoms with Gasteiger partial charge < -0.3 is 5.73 Å². The van der Waals surface area contributed by atoms with E-state index in [4.69, 9.17) is 5.73 Å². The predicted octanol–water partition coefficient (Wildman–Crippen LogP) is 3.31. The van der Waals surface area contributed by atoms with E-state index in [1.165, 1.54) is 5.56 Å². The van der Waals surface area contributed by atoms with Crippen LogP contribution in [0.4, 0.5) is 5.69 Å². The summed E-state index contributed by atoms with van der Waals surface area (Å²) in [5.74, 6) is 0.136. The first kappa shape index (κ1) is 12.4. The highest BCUT2D eigenvalue weighted by Crippen LogP contribution is 2.15. The van der Waals surface area contributed by atoms with Gasteiger partial charge in [0.05, 0.1) is 0 Å². The largest absolute Gasteiger partial charge is 0.399 e. The van der Waals surface area contributed by atoms with Crippen molar-refractivity contribution in [1.82, 2.24) is 0 Å². The standard InChI is InChI=1S/C16H17NO/c1-11-3-5-13(6-4-11)10-16(18)15-8-7-14(17)9-12(15)2/h3-9H,10,17H2,1-2H3. The van der Waals surface area contributed by atoms with Crippen molar-refractivity contribution in [1.29, 1.82) is 0 Å². The SMILES string of the molecule is Cc1ccc(CC(=O)c2ccc(N)cc2C)cc1. The Labute approximate surface area is 107 Å². The van der Waals surface area contributed by atoms with E-state index in [0.29, 0.717) is 12.1 Å². The van der Waals surface area contributed by atoms with E-state index in [0.717, 1.165) is 16.7 Å². The first-order valence-corrected chi connectivity index (χ1v) is 6.01. The number of nitrogens with two attached hydrogens (primary N) is 1. The van der Waals surface area contributed by atoms with Gasteiger partial charge >= 0.3 is 0 Å². The minimum atomic E-state index is 0.136. The van der Waals surface area contributed by atoms with Crippen LogP contribution >= 0.6 is 0 Å². The molecule has 0 heterocycles. The summed E-state index contributed by atoms with van der Waals surface area (Å²) in [5.41, 5.74) is 10.3. The van der Waals surface area contributed by atoms with Crippen molar-refractivity contribution >= 4 is 11.5 Å². The number of nitrogen functional groups attached to an aromatic ring is 1. The average molecular weight is 239 g/mol. The Hall–Kier alpha value is -2.09. The molecule has 0 radical (unpaired) electrons. The first-order chi connectivity index (χ1) is 8.56. The Morgan fingerprint density at radius 1 is 1.06 bits per heavy atom. The van der Waals surface area contributed by atoms with E-state index in [9.17, 15) is 4.79 Å². The normalized spacial score (nSPS) is 10.3. The lowest BCUT2D eigenvalue weighted by Crippen LogP contribution is -2.06. The maximum atomic E-state index is 12.2. The number of Topliss-reactive ketones (excluding diaryl/α,β-unsaturated/α-hetero) is 1. The van der Waals surface area contributed by atoms with Crippen LogP contribution in [-0.2, 0) is 6.42 Å². The van der Waals surface area contributed by atoms with Crippen LogP contribution in [0.25, 0.3) is 0 Å². The van der Waals surface area contributed by atoms with Gasteiger partial charge in [-0.3, -0.25) is 4.79 Å². The van der Waals surface area contributed by atoms with E-state index in [1.54, 1.807) is 12.1 Å². The molecule has 2 N–H and O–H groups in total. The van der Waals surface area contributed by atoms with E-state index in [-0.39, 0.29) is 5.78 Å². The molecule has 0 aromatic heterocycles. The summed E-state index contributed by atoms with van der Waals surface area (Å²) in [7, 11) is 0. The molecule has 0 bridgehead atoms. The van der Waals surface area contributed by atoms with Gasteiger partial charge in [-0.15, -0.1) is 0 Å². The van der Waals surface area contributed by atoms with Crippen LogP contribution in [0.5, 0.6) is 0 Å². The molecule has 2 aromatic rings. The van der Waals surface area contributed by atoms with Gasteiger partial charge in [-0.05, 0) is 43.2 Å². The van der Waals surface area contributed by atoms with Gasteiger partial charge in [0, 0.05) is 17.7 Å². The molecule has 0 aliphatic carbocycles.